The largest absolute Gasteiger partial charge is 0.417 e. The second kappa shape index (κ2) is 5.24. The van der Waals surface area contributed by atoms with Crippen molar-refractivity contribution in [1.29, 1.82) is 0 Å². The highest BCUT2D eigenvalue weighted by molar-refractivity contribution is 6.06. The summed E-state index contributed by atoms with van der Waals surface area (Å²) in [6.07, 6.45) is 1.38. The molecule has 3 N–H and O–H groups in total. The van der Waals surface area contributed by atoms with Gasteiger partial charge in [-0.25, -0.2) is 4.79 Å². The smallest absolute Gasteiger partial charge is 0.408 e. The summed E-state index contributed by atoms with van der Waals surface area (Å²) in [5.74, 6) is -1.11. The summed E-state index contributed by atoms with van der Waals surface area (Å²) >= 11 is 0. The number of oxazole rings is 1. The number of fused-ring (bicyclic) bond motifs is 2. The molecular formula is C17H11N3O4. The number of aromatic nitrogens is 2. The van der Waals surface area contributed by atoms with E-state index < -0.39 is 11.7 Å². The van der Waals surface area contributed by atoms with Gasteiger partial charge in [-0.1, -0.05) is 12.1 Å². The molecular weight excluding hydrogens is 310 g/mol. The van der Waals surface area contributed by atoms with Crippen molar-refractivity contribution in [3.05, 3.63) is 75.0 Å². The number of benzene rings is 2. The first-order valence-corrected chi connectivity index (χ1v) is 7.16. The zero-order valence-electron chi connectivity index (χ0n) is 12.3. The zero-order chi connectivity index (χ0) is 16.7. The third kappa shape index (κ3) is 2.28. The molecule has 0 atom stereocenters. The van der Waals surface area contributed by atoms with Gasteiger partial charge in [0, 0.05) is 28.9 Å². The van der Waals surface area contributed by atoms with Crippen molar-refractivity contribution in [1.82, 2.24) is 9.97 Å². The Kier molecular flexibility index (Phi) is 3.06. The van der Waals surface area contributed by atoms with Crippen LogP contribution in [-0.4, -0.2) is 15.9 Å². The lowest BCUT2D eigenvalue weighted by molar-refractivity contribution is 0.102. The highest BCUT2D eigenvalue weighted by Gasteiger charge is 2.13. The number of amides is 1. The third-order valence-electron chi connectivity index (χ3n) is 3.71. The maximum atomic E-state index is 12.4. The van der Waals surface area contributed by atoms with Gasteiger partial charge in [-0.3, -0.25) is 14.6 Å². The van der Waals surface area contributed by atoms with E-state index in [2.05, 4.69) is 15.3 Å². The lowest BCUT2D eigenvalue weighted by atomic mass is 10.1. The van der Waals surface area contributed by atoms with E-state index in [1.54, 1.807) is 36.4 Å². The molecule has 0 saturated heterocycles. The Labute approximate surface area is 133 Å². The van der Waals surface area contributed by atoms with Crippen LogP contribution in [0.25, 0.3) is 22.0 Å². The second-order valence-electron chi connectivity index (χ2n) is 5.26. The first-order chi connectivity index (χ1) is 11.6. The first-order valence-electron chi connectivity index (χ1n) is 7.16. The topological polar surface area (TPSA) is 108 Å². The number of pyridine rings is 1. The third-order valence-corrected chi connectivity index (χ3v) is 3.71. The number of H-pyrrole nitrogens is 2. The van der Waals surface area contributed by atoms with Crippen LogP contribution >= 0.6 is 0 Å². The number of carbonyl (C=O) groups excluding carboxylic acids is 1. The number of hydrogen-bond donors (Lipinski definition) is 3. The SMILES string of the molecule is O=C(Nc1ccc2[nH]c(=O)oc2c1)c1c[nH]c2ccccc2c1=O. The van der Waals surface area contributed by atoms with Crippen molar-refractivity contribution >= 4 is 33.6 Å². The first kappa shape index (κ1) is 14.0. The van der Waals surface area contributed by atoms with Crippen LogP contribution in [0, 0.1) is 0 Å². The van der Waals surface area contributed by atoms with Crippen molar-refractivity contribution in [2.45, 2.75) is 0 Å². The summed E-state index contributed by atoms with van der Waals surface area (Å²) in [7, 11) is 0. The normalized spacial score (nSPS) is 11.0. The van der Waals surface area contributed by atoms with Gasteiger partial charge in [0.2, 0.25) is 5.43 Å². The predicted octanol–water partition coefficient (Wildman–Crippen LogP) is 2.21. The molecule has 0 aliphatic rings. The molecule has 0 radical (unpaired) electrons. The van der Waals surface area contributed by atoms with Crippen molar-refractivity contribution < 1.29 is 9.21 Å². The Bertz CT molecular complexity index is 1200. The minimum absolute atomic E-state index is 0.00400. The maximum absolute atomic E-state index is 12.4. The summed E-state index contributed by atoms with van der Waals surface area (Å²) in [5, 5.41) is 3.07. The summed E-state index contributed by atoms with van der Waals surface area (Å²) < 4.78 is 4.95. The van der Waals surface area contributed by atoms with Crippen LogP contribution in [-0.2, 0) is 0 Å². The molecule has 4 aromatic rings. The molecule has 0 bridgehead atoms. The zero-order valence-corrected chi connectivity index (χ0v) is 12.3. The van der Waals surface area contributed by atoms with Crippen LogP contribution in [0.1, 0.15) is 10.4 Å². The van der Waals surface area contributed by atoms with Gasteiger partial charge >= 0.3 is 5.76 Å². The molecule has 0 unspecified atom stereocenters. The Morgan fingerprint density at radius 2 is 1.88 bits per heavy atom. The standard InChI is InChI=1S/C17H11N3O4/c21-15-10-3-1-2-4-12(10)18-8-11(15)16(22)19-9-5-6-13-14(7-9)24-17(23)20-13/h1-8H,(H,18,21)(H,19,22)(H,20,23). The van der Waals surface area contributed by atoms with Crippen molar-refractivity contribution in [2.24, 2.45) is 0 Å². The molecule has 0 aliphatic carbocycles. The molecule has 2 heterocycles. The molecule has 24 heavy (non-hydrogen) atoms. The quantitative estimate of drug-likeness (QED) is 0.526. The minimum atomic E-state index is -0.570. The fourth-order valence-electron chi connectivity index (χ4n) is 2.56. The minimum Gasteiger partial charge on any atom is -0.408 e. The van der Waals surface area contributed by atoms with Crippen LogP contribution in [0.2, 0.25) is 0 Å². The fraction of sp³-hybridized carbons (Fsp3) is 0. The number of rotatable bonds is 2. The van der Waals surface area contributed by atoms with Crippen molar-refractivity contribution in [2.75, 3.05) is 5.32 Å². The number of nitrogens with one attached hydrogen (secondary N) is 3. The van der Waals surface area contributed by atoms with Gasteiger partial charge in [-0.15, -0.1) is 0 Å². The van der Waals surface area contributed by atoms with E-state index >= 15 is 0 Å². The molecule has 0 spiro atoms. The monoisotopic (exact) mass is 321 g/mol. The van der Waals surface area contributed by atoms with Gasteiger partial charge in [0.05, 0.1) is 5.52 Å². The Morgan fingerprint density at radius 1 is 1.04 bits per heavy atom. The van der Waals surface area contributed by atoms with Crippen LogP contribution in [0.4, 0.5) is 5.69 Å². The molecule has 2 aromatic carbocycles. The Balaban J connectivity index is 1.71. The molecule has 4 rings (SSSR count). The summed E-state index contributed by atoms with van der Waals surface area (Å²) in [6, 6.07) is 11.7. The van der Waals surface area contributed by atoms with Crippen LogP contribution in [0.15, 0.2) is 62.7 Å². The van der Waals surface area contributed by atoms with E-state index in [0.29, 0.717) is 27.7 Å². The number of hydrogen-bond acceptors (Lipinski definition) is 4. The Hall–Kier alpha value is -3.61. The highest BCUT2D eigenvalue weighted by atomic mass is 16.4. The molecule has 0 fully saturated rings. The van der Waals surface area contributed by atoms with Crippen molar-refractivity contribution in [3.8, 4) is 0 Å². The van der Waals surface area contributed by atoms with Gasteiger partial charge in [0.25, 0.3) is 5.91 Å². The summed E-state index contributed by atoms with van der Waals surface area (Å²) in [6.45, 7) is 0. The molecule has 7 nitrogen and oxygen atoms in total. The van der Waals surface area contributed by atoms with Crippen LogP contribution in [0.5, 0.6) is 0 Å². The average molecular weight is 321 g/mol. The van der Waals surface area contributed by atoms with Crippen molar-refractivity contribution in [3.63, 3.8) is 0 Å². The van der Waals surface area contributed by atoms with Gasteiger partial charge in [-0.05, 0) is 24.3 Å². The number of carbonyl (C=O) groups is 1. The van der Waals surface area contributed by atoms with Gasteiger partial charge in [-0.2, -0.15) is 0 Å². The molecule has 2 aromatic heterocycles. The number of para-hydroxylation sites is 1. The van der Waals surface area contributed by atoms with Gasteiger partial charge < -0.3 is 14.7 Å². The van der Waals surface area contributed by atoms with E-state index in [4.69, 9.17) is 4.42 Å². The molecule has 0 saturated carbocycles. The lowest BCUT2D eigenvalue weighted by Crippen LogP contribution is -2.21. The van der Waals surface area contributed by atoms with E-state index in [9.17, 15) is 14.4 Å². The van der Waals surface area contributed by atoms with Gasteiger partial charge in [0.15, 0.2) is 5.58 Å². The summed E-state index contributed by atoms with van der Waals surface area (Å²) in [4.78, 5) is 41.4. The Morgan fingerprint density at radius 3 is 2.75 bits per heavy atom. The fourth-order valence-corrected chi connectivity index (χ4v) is 2.56. The molecule has 0 aliphatic heterocycles. The van der Waals surface area contributed by atoms with E-state index in [0.717, 1.165) is 0 Å². The molecule has 1 amide bonds. The highest BCUT2D eigenvalue weighted by Crippen LogP contribution is 2.17. The van der Waals surface area contributed by atoms with Crippen LogP contribution in [0.3, 0.4) is 0 Å². The molecule has 118 valence electrons. The second-order valence-corrected chi connectivity index (χ2v) is 5.26. The van der Waals surface area contributed by atoms with E-state index in [-0.39, 0.29) is 11.0 Å². The van der Waals surface area contributed by atoms with Crippen LogP contribution < -0.4 is 16.5 Å². The lowest BCUT2D eigenvalue weighted by Gasteiger charge is -2.05. The summed E-state index contributed by atoms with van der Waals surface area (Å²) in [5.41, 5.74) is 1.59. The average Bonchev–Trinajstić information content (AvgIpc) is 2.94. The number of anilines is 1. The number of aromatic amines is 2. The predicted molar refractivity (Wildman–Crippen MR) is 89.4 cm³/mol. The van der Waals surface area contributed by atoms with E-state index in [1.165, 1.54) is 12.3 Å². The maximum Gasteiger partial charge on any atom is 0.417 e. The van der Waals surface area contributed by atoms with E-state index in [1.807, 2.05) is 0 Å². The molecule has 7 heteroatoms. The van der Waals surface area contributed by atoms with Gasteiger partial charge in [0.1, 0.15) is 5.56 Å².